The van der Waals surface area contributed by atoms with Gasteiger partial charge >= 0.3 is 0 Å². The van der Waals surface area contributed by atoms with Crippen LogP contribution in [0.3, 0.4) is 0 Å². The number of likely N-dealkylation sites (tertiary alicyclic amines) is 1. The van der Waals surface area contributed by atoms with Gasteiger partial charge in [0.15, 0.2) is 5.65 Å². The zero-order chi connectivity index (χ0) is 22.8. The number of pyridine rings is 1. The molecule has 0 radical (unpaired) electrons. The summed E-state index contributed by atoms with van der Waals surface area (Å²) < 4.78 is 7.38. The number of amides is 1. The topological polar surface area (TPSA) is 63.0 Å². The van der Waals surface area contributed by atoms with Gasteiger partial charge in [0.25, 0.3) is 0 Å². The lowest BCUT2D eigenvalue weighted by Gasteiger charge is -2.31. The van der Waals surface area contributed by atoms with Gasteiger partial charge in [-0.2, -0.15) is 0 Å². The van der Waals surface area contributed by atoms with Crippen molar-refractivity contribution in [1.82, 2.24) is 24.4 Å². The van der Waals surface area contributed by atoms with E-state index < -0.39 is 0 Å². The van der Waals surface area contributed by atoms with Crippen LogP contribution in [0.15, 0.2) is 60.8 Å². The van der Waals surface area contributed by atoms with Crippen LogP contribution in [0.4, 0.5) is 0 Å². The molecule has 0 saturated carbocycles. The van der Waals surface area contributed by atoms with Crippen LogP contribution in [0.5, 0.6) is 5.75 Å². The molecule has 0 unspecified atom stereocenters. The van der Waals surface area contributed by atoms with E-state index in [-0.39, 0.29) is 5.91 Å². The molecular formula is C26H29N5O2. The molecule has 0 bridgehead atoms. The number of likely N-dealkylation sites (N-methyl/N-ethyl adjacent to an activating group) is 1. The third kappa shape index (κ3) is 4.54. The van der Waals surface area contributed by atoms with Crippen molar-refractivity contribution in [2.24, 2.45) is 0 Å². The van der Waals surface area contributed by atoms with Gasteiger partial charge in [-0.3, -0.25) is 14.1 Å². The van der Waals surface area contributed by atoms with E-state index in [0.717, 1.165) is 59.5 Å². The summed E-state index contributed by atoms with van der Waals surface area (Å²) in [6.45, 7) is 2.84. The lowest BCUT2D eigenvalue weighted by molar-refractivity contribution is -0.131. The SMILES string of the molecule is COc1ccc2cc(CN(C)C(=O)CN3CCC(c4nnc5ccccn45)CC3)ccc2c1. The predicted molar refractivity (Wildman–Crippen MR) is 128 cm³/mol. The summed E-state index contributed by atoms with van der Waals surface area (Å²) in [4.78, 5) is 17.0. The Morgan fingerprint density at radius 2 is 1.85 bits per heavy atom. The summed E-state index contributed by atoms with van der Waals surface area (Å²) in [6, 6.07) is 18.3. The van der Waals surface area contributed by atoms with Crippen LogP contribution in [-0.4, -0.2) is 64.1 Å². The second-order valence-electron chi connectivity index (χ2n) is 8.83. The first kappa shape index (κ1) is 21.4. The van der Waals surface area contributed by atoms with E-state index in [1.807, 2.05) is 48.5 Å². The monoisotopic (exact) mass is 443 g/mol. The van der Waals surface area contributed by atoms with Gasteiger partial charge in [-0.15, -0.1) is 10.2 Å². The van der Waals surface area contributed by atoms with Gasteiger partial charge in [-0.25, -0.2) is 0 Å². The van der Waals surface area contributed by atoms with Gasteiger partial charge in [-0.05, 0) is 72.6 Å². The van der Waals surface area contributed by atoms with Crippen molar-refractivity contribution in [2.45, 2.75) is 25.3 Å². The summed E-state index contributed by atoms with van der Waals surface area (Å²) in [7, 11) is 3.56. The Bertz CT molecular complexity index is 1280. The second kappa shape index (κ2) is 9.19. The van der Waals surface area contributed by atoms with Crippen LogP contribution in [-0.2, 0) is 11.3 Å². The number of methoxy groups -OCH3 is 1. The molecule has 0 N–H and O–H groups in total. The lowest BCUT2D eigenvalue weighted by Crippen LogP contribution is -2.41. The standard InChI is InChI=1S/C26H29N5O2/c1-29(17-19-6-7-22-16-23(33-2)9-8-21(22)15-19)25(32)18-30-13-10-20(11-14-30)26-28-27-24-5-3-4-12-31(24)26/h3-9,12,15-16,20H,10-11,13-14,17-18H2,1-2H3. The highest BCUT2D eigenvalue weighted by Crippen LogP contribution is 2.27. The number of carbonyl (C=O) groups excluding carboxylic acids is 1. The Labute approximate surface area is 193 Å². The van der Waals surface area contributed by atoms with Crippen LogP contribution >= 0.6 is 0 Å². The Kier molecular flexibility index (Phi) is 5.96. The molecule has 33 heavy (non-hydrogen) atoms. The number of hydrogen-bond acceptors (Lipinski definition) is 5. The van der Waals surface area contributed by atoms with E-state index in [9.17, 15) is 4.79 Å². The summed E-state index contributed by atoms with van der Waals surface area (Å²) in [5.41, 5.74) is 2.01. The molecule has 1 amide bonds. The molecule has 3 heterocycles. The molecule has 0 atom stereocenters. The van der Waals surface area contributed by atoms with E-state index in [1.165, 1.54) is 0 Å². The van der Waals surface area contributed by atoms with Crippen molar-refractivity contribution < 1.29 is 9.53 Å². The van der Waals surface area contributed by atoms with Crippen molar-refractivity contribution in [1.29, 1.82) is 0 Å². The largest absolute Gasteiger partial charge is 0.497 e. The Balaban J connectivity index is 1.16. The fourth-order valence-corrected chi connectivity index (χ4v) is 4.66. The van der Waals surface area contributed by atoms with Gasteiger partial charge in [0.2, 0.25) is 5.91 Å². The molecule has 4 aromatic rings. The maximum atomic E-state index is 12.9. The van der Waals surface area contributed by atoms with Gasteiger partial charge in [-0.1, -0.05) is 24.3 Å². The smallest absolute Gasteiger partial charge is 0.236 e. The van der Waals surface area contributed by atoms with Crippen molar-refractivity contribution in [2.75, 3.05) is 33.8 Å². The Morgan fingerprint density at radius 1 is 1.06 bits per heavy atom. The van der Waals surface area contributed by atoms with Crippen molar-refractivity contribution in [3.63, 3.8) is 0 Å². The van der Waals surface area contributed by atoms with Crippen LogP contribution < -0.4 is 4.74 Å². The molecule has 1 aliphatic heterocycles. The number of carbonyl (C=O) groups is 1. The normalized spacial score (nSPS) is 15.2. The van der Waals surface area contributed by atoms with E-state index in [1.54, 1.807) is 7.11 Å². The summed E-state index contributed by atoms with van der Waals surface area (Å²) in [5.74, 6) is 2.41. The van der Waals surface area contributed by atoms with Crippen molar-refractivity contribution in [3.05, 3.63) is 72.2 Å². The van der Waals surface area contributed by atoms with E-state index in [2.05, 4.69) is 43.8 Å². The molecule has 170 valence electrons. The van der Waals surface area contributed by atoms with Crippen LogP contribution in [0.25, 0.3) is 16.4 Å². The second-order valence-corrected chi connectivity index (χ2v) is 8.83. The number of fused-ring (bicyclic) bond motifs is 2. The zero-order valence-corrected chi connectivity index (χ0v) is 19.1. The molecule has 0 aliphatic carbocycles. The minimum Gasteiger partial charge on any atom is -0.497 e. The molecule has 2 aromatic carbocycles. The Hall–Kier alpha value is -3.45. The first-order valence-electron chi connectivity index (χ1n) is 11.4. The maximum absolute atomic E-state index is 12.9. The molecule has 2 aromatic heterocycles. The molecule has 1 fully saturated rings. The molecule has 7 nitrogen and oxygen atoms in total. The fraction of sp³-hybridized carbons (Fsp3) is 0.346. The van der Waals surface area contributed by atoms with Crippen LogP contribution in [0, 0.1) is 0 Å². The van der Waals surface area contributed by atoms with Gasteiger partial charge in [0.05, 0.1) is 13.7 Å². The molecular weight excluding hydrogens is 414 g/mol. The lowest BCUT2D eigenvalue weighted by atomic mass is 9.96. The van der Waals surface area contributed by atoms with Gasteiger partial charge in [0, 0.05) is 25.7 Å². The van der Waals surface area contributed by atoms with Crippen LogP contribution in [0.1, 0.15) is 30.1 Å². The quantitative estimate of drug-likeness (QED) is 0.454. The maximum Gasteiger partial charge on any atom is 0.236 e. The first-order valence-corrected chi connectivity index (χ1v) is 11.4. The highest BCUT2D eigenvalue weighted by atomic mass is 16.5. The van der Waals surface area contributed by atoms with E-state index in [4.69, 9.17) is 4.74 Å². The predicted octanol–water partition coefficient (Wildman–Crippen LogP) is 3.73. The molecule has 0 spiro atoms. The third-order valence-corrected chi connectivity index (χ3v) is 6.61. The number of ether oxygens (including phenoxy) is 1. The van der Waals surface area contributed by atoms with E-state index in [0.29, 0.717) is 19.0 Å². The molecule has 1 aliphatic rings. The highest BCUT2D eigenvalue weighted by Gasteiger charge is 2.26. The van der Waals surface area contributed by atoms with Crippen molar-refractivity contribution in [3.8, 4) is 5.75 Å². The number of aromatic nitrogens is 3. The number of hydrogen-bond donors (Lipinski definition) is 0. The third-order valence-electron chi connectivity index (χ3n) is 6.61. The minimum absolute atomic E-state index is 0.149. The summed E-state index contributed by atoms with van der Waals surface area (Å²) >= 11 is 0. The van der Waals surface area contributed by atoms with Crippen LogP contribution in [0.2, 0.25) is 0 Å². The number of nitrogens with zero attached hydrogens (tertiary/aromatic N) is 5. The average molecular weight is 444 g/mol. The van der Waals surface area contributed by atoms with Crippen molar-refractivity contribution >= 4 is 22.3 Å². The number of benzene rings is 2. The Morgan fingerprint density at radius 3 is 2.67 bits per heavy atom. The summed E-state index contributed by atoms with van der Waals surface area (Å²) in [6.07, 6.45) is 4.00. The highest BCUT2D eigenvalue weighted by molar-refractivity contribution is 5.84. The fourth-order valence-electron chi connectivity index (χ4n) is 4.66. The average Bonchev–Trinajstić information content (AvgIpc) is 3.28. The molecule has 5 rings (SSSR count). The van der Waals surface area contributed by atoms with Gasteiger partial charge in [0.1, 0.15) is 11.6 Å². The minimum atomic E-state index is 0.149. The van der Waals surface area contributed by atoms with E-state index >= 15 is 0 Å². The number of piperidine rings is 1. The molecule has 7 heteroatoms. The van der Waals surface area contributed by atoms with Gasteiger partial charge < -0.3 is 9.64 Å². The summed E-state index contributed by atoms with van der Waals surface area (Å²) in [5, 5.41) is 11.0. The first-order chi connectivity index (χ1) is 16.1. The molecule has 1 saturated heterocycles. The zero-order valence-electron chi connectivity index (χ0n) is 19.1. The number of rotatable bonds is 6.